The van der Waals surface area contributed by atoms with Crippen molar-refractivity contribution < 1.29 is 13.2 Å². The molecule has 1 aromatic carbocycles. The van der Waals surface area contributed by atoms with Crippen LogP contribution in [0.4, 0.5) is 0 Å². The first kappa shape index (κ1) is 20.6. The van der Waals surface area contributed by atoms with E-state index >= 15 is 0 Å². The molecule has 7 heteroatoms. The number of benzene rings is 1. The van der Waals surface area contributed by atoms with E-state index in [2.05, 4.69) is 42.6 Å². The Hall–Kier alpha value is -1.44. The quantitative estimate of drug-likeness (QED) is 0.668. The maximum Gasteiger partial charge on any atom is 0.240 e. The highest BCUT2D eigenvalue weighted by Gasteiger charge is 2.15. The van der Waals surface area contributed by atoms with Crippen molar-refractivity contribution in [2.45, 2.75) is 51.1 Å². The van der Waals surface area contributed by atoms with Gasteiger partial charge in [-0.15, -0.1) is 0 Å². The predicted molar refractivity (Wildman–Crippen MR) is 96.2 cm³/mol. The van der Waals surface area contributed by atoms with Crippen LogP contribution in [0.25, 0.3) is 0 Å². The van der Waals surface area contributed by atoms with Crippen molar-refractivity contribution >= 4 is 15.9 Å². The zero-order chi connectivity index (χ0) is 18.2. The number of hydrogen-bond donors (Lipinski definition) is 2. The number of sulfonamides is 1. The molecule has 24 heavy (non-hydrogen) atoms. The first-order chi connectivity index (χ1) is 11.2. The molecule has 0 bridgehead atoms. The summed E-state index contributed by atoms with van der Waals surface area (Å²) in [6.45, 7) is 9.92. The third-order valence-corrected chi connectivity index (χ3v) is 5.19. The minimum Gasteiger partial charge on any atom is -0.355 e. The topological polar surface area (TPSA) is 78.5 Å². The number of amides is 1. The van der Waals surface area contributed by atoms with Crippen molar-refractivity contribution in [3.63, 3.8) is 0 Å². The summed E-state index contributed by atoms with van der Waals surface area (Å²) >= 11 is 0. The summed E-state index contributed by atoms with van der Waals surface area (Å²) in [6.07, 6.45) is 0.120. The van der Waals surface area contributed by atoms with Crippen LogP contribution in [0.1, 0.15) is 34.1 Å². The van der Waals surface area contributed by atoms with Crippen LogP contribution in [0.3, 0.4) is 0 Å². The van der Waals surface area contributed by atoms with E-state index in [1.807, 2.05) is 0 Å². The number of rotatable bonds is 10. The number of hydrogen-bond acceptors (Lipinski definition) is 4. The second-order valence-corrected chi connectivity index (χ2v) is 8.00. The molecule has 1 rings (SSSR count). The fraction of sp³-hybridized carbons (Fsp3) is 0.588. The van der Waals surface area contributed by atoms with Gasteiger partial charge in [-0.3, -0.25) is 9.69 Å². The molecule has 0 radical (unpaired) electrons. The Labute approximate surface area is 145 Å². The third kappa shape index (κ3) is 6.98. The molecule has 2 N–H and O–H groups in total. The molecule has 136 valence electrons. The van der Waals surface area contributed by atoms with Gasteiger partial charge in [0, 0.05) is 38.1 Å². The van der Waals surface area contributed by atoms with Gasteiger partial charge in [-0.05, 0) is 39.8 Å². The molecular weight excluding hydrogens is 326 g/mol. The van der Waals surface area contributed by atoms with Crippen LogP contribution >= 0.6 is 0 Å². The van der Waals surface area contributed by atoms with E-state index < -0.39 is 10.0 Å². The molecule has 0 saturated carbocycles. The van der Waals surface area contributed by atoms with E-state index in [1.165, 1.54) is 12.1 Å². The van der Waals surface area contributed by atoms with Gasteiger partial charge in [0.15, 0.2) is 0 Å². The Bertz CT molecular complexity index is 593. The highest BCUT2D eigenvalue weighted by molar-refractivity contribution is 7.89. The van der Waals surface area contributed by atoms with E-state index in [1.54, 1.807) is 18.2 Å². The summed E-state index contributed by atoms with van der Waals surface area (Å²) in [7, 11) is -3.55. The van der Waals surface area contributed by atoms with Gasteiger partial charge in [0.05, 0.1) is 4.90 Å². The molecule has 0 aliphatic carbocycles. The molecule has 6 nitrogen and oxygen atoms in total. The second-order valence-electron chi connectivity index (χ2n) is 6.24. The molecule has 0 spiro atoms. The van der Waals surface area contributed by atoms with Crippen LogP contribution in [0.2, 0.25) is 0 Å². The highest BCUT2D eigenvalue weighted by Crippen LogP contribution is 2.06. The predicted octanol–water partition coefficient (Wildman–Crippen LogP) is 1.59. The molecule has 1 aromatic rings. The van der Waals surface area contributed by atoms with Gasteiger partial charge in [0.1, 0.15) is 0 Å². The minimum atomic E-state index is -3.55. The Kier molecular flexibility index (Phi) is 8.38. The molecule has 0 fully saturated rings. The molecular formula is C17H29N3O3S. The molecule has 1 amide bonds. The van der Waals surface area contributed by atoms with E-state index in [4.69, 9.17) is 0 Å². The Morgan fingerprint density at radius 3 is 2.17 bits per heavy atom. The molecule has 0 heterocycles. The fourth-order valence-electron chi connectivity index (χ4n) is 2.51. The third-order valence-electron chi connectivity index (χ3n) is 3.72. The van der Waals surface area contributed by atoms with Crippen molar-refractivity contribution in [2.75, 3.05) is 19.6 Å². The molecule has 0 aliphatic rings. The average Bonchev–Trinajstić information content (AvgIpc) is 2.51. The van der Waals surface area contributed by atoms with Gasteiger partial charge in [-0.2, -0.15) is 0 Å². The van der Waals surface area contributed by atoms with E-state index in [-0.39, 0.29) is 23.8 Å². The normalized spacial score (nSPS) is 12.1. The minimum absolute atomic E-state index is 0.0845. The summed E-state index contributed by atoms with van der Waals surface area (Å²) in [5.74, 6) is -0.154. The Balaban J connectivity index is 2.32. The van der Waals surface area contributed by atoms with Crippen LogP contribution in [0.15, 0.2) is 35.2 Å². The zero-order valence-corrected chi connectivity index (χ0v) is 15.8. The van der Waals surface area contributed by atoms with Gasteiger partial charge < -0.3 is 5.32 Å². The van der Waals surface area contributed by atoms with Crippen LogP contribution in [-0.2, 0) is 14.8 Å². The van der Waals surface area contributed by atoms with Gasteiger partial charge >= 0.3 is 0 Å². The fourth-order valence-corrected chi connectivity index (χ4v) is 3.56. The largest absolute Gasteiger partial charge is 0.355 e. The van der Waals surface area contributed by atoms with E-state index in [0.717, 1.165) is 6.54 Å². The Morgan fingerprint density at radius 1 is 1.04 bits per heavy atom. The van der Waals surface area contributed by atoms with Crippen molar-refractivity contribution in [2.24, 2.45) is 0 Å². The van der Waals surface area contributed by atoms with Crippen LogP contribution in [-0.4, -0.2) is 50.9 Å². The van der Waals surface area contributed by atoms with Crippen LogP contribution < -0.4 is 10.0 Å². The summed E-state index contributed by atoms with van der Waals surface area (Å²) < 4.78 is 26.5. The molecule has 0 saturated heterocycles. The lowest BCUT2D eigenvalue weighted by Crippen LogP contribution is -2.42. The Morgan fingerprint density at radius 2 is 1.62 bits per heavy atom. The monoisotopic (exact) mass is 355 g/mol. The lowest BCUT2D eigenvalue weighted by atomic mass is 10.2. The second kappa shape index (κ2) is 9.76. The standard InChI is InChI=1S/C17H29N3O3S/c1-14(2)20(15(3)4)13-12-18-17(21)10-11-19-24(22,23)16-8-6-5-7-9-16/h5-9,14-15,19H,10-13H2,1-4H3,(H,18,21). The maximum atomic E-state index is 12.0. The van der Waals surface area contributed by atoms with Crippen molar-refractivity contribution in [1.82, 2.24) is 14.9 Å². The highest BCUT2D eigenvalue weighted by atomic mass is 32.2. The number of carbonyl (C=O) groups is 1. The van der Waals surface area contributed by atoms with Crippen LogP contribution in [0, 0.1) is 0 Å². The number of nitrogens with one attached hydrogen (secondary N) is 2. The lowest BCUT2D eigenvalue weighted by molar-refractivity contribution is -0.121. The average molecular weight is 356 g/mol. The van der Waals surface area contributed by atoms with Gasteiger partial charge in [0.25, 0.3) is 0 Å². The first-order valence-corrected chi connectivity index (χ1v) is 9.79. The molecule has 0 unspecified atom stereocenters. The van der Waals surface area contributed by atoms with Gasteiger partial charge in [-0.25, -0.2) is 13.1 Å². The first-order valence-electron chi connectivity index (χ1n) is 8.31. The summed E-state index contributed by atoms with van der Waals surface area (Å²) in [5.41, 5.74) is 0. The van der Waals surface area contributed by atoms with Crippen molar-refractivity contribution in [1.29, 1.82) is 0 Å². The number of carbonyl (C=O) groups excluding carboxylic acids is 1. The lowest BCUT2D eigenvalue weighted by Gasteiger charge is -2.30. The summed E-state index contributed by atoms with van der Waals surface area (Å²) in [6, 6.07) is 8.96. The van der Waals surface area contributed by atoms with Crippen molar-refractivity contribution in [3.05, 3.63) is 30.3 Å². The molecule has 0 aromatic heterocycles. The van der Waals surface area contributed by atoms with Gasteiger partial charge in [-0.1, -0.05) is 18.2 Å². The smallest absolute Gasteiger partial charge is 0.240 e. The van der Waals surface area contributed by atoms with Crippen molar-refractivity contribution in [3.8, 4) is 0 Å². The number of nitrogens with zero attached hydrogens (tertiary/aromatic N) is 1. The van der Waals surface area contributed by atoms with E-state index in [0.29, 0.717) is 18.6 Å². The SMILES string of the molecule is CC(C)N(CCNC(=O)CCNS(=O)(=O)c1ccccc1)C(C)C. The summed E-state index contributed by atoms with van der Waals surface area (Å²) in [4.78, 5) is 14.3. The zero-order valence-electron chi connectivity index (χ0n) is 15.0. The van der Waals surface area contributed by atoms with E-state index in [9.17, 15) is 13.2 Å². The maximum absolute atomic E-state index is 12.0. The van der Waals surface area contributed by atoms with Gasteiger partial charge in [0.2, 0.25) is 15.9 Å². The molecule has 0 atom stereocenters. The molecule has 0 aliphatic heterocycles. The van der Waals surface area contributed by atoms with Crippen LogP contribution in [0.5, 0.6) is 0 Å². The summed E-state index contributed by atoms with van der Waals surface area (Å²) in [5, 5.41) is 2.83.